The van der Waals surface area contributed by atoms with E-state index in [2.05, 4.69) is 35.2 Å². The first kappa shape index (κ1) is 22.2. The number of carbonyl (C=O) groups is 1. The first-order valence-electron chi connectivity index (χ1n) is 12.9. The number of hydrogen-bond donors (Lipinski definition) is 0. The van der Waals surface area contributed by atoms with Gasteiger partial charge in [0.1, 0.15) is 0 Å². The number of halogens is 2. The van der Waals surface area contributed by atoms with Crippen molar-refractivity contribution in [1.82, 2.24) is 9.80 Å². The van der Waals surface area contributed by atoms with Gasteiger partial charge in [-0.05, 0) is 60.6 Å². The highest BCUT2D eigenvalue weighted by molar-refractivity contribution is 5.83. The van der Waals surface area contributed by atoms with Crippen LogP contribution >= 0.6 is 0 Å². The molecule has 4 aliphatic rings. The van der Waals surface area contributed by atoms with Gasteiger partial charge in [0, 0.05) is 56.5 Å². The zero-order chi connectivity index (χ0) is 23.4. The Morgan fingerprint density at radius 1 is 0.824 bits per heavy atom. The minimum absolute atomic E-state index is 0.0596. The van der Waals surface area contributed by atoms with Gasteiger partial charge in [-0.25, -0.2) is 8.78 Å². The van der Waals surface area contributed by atoms with Gasteiger partial charge in [0.2, 0.25) is 5.91 Å². The first-order valence-corrected chi connectivity index (χ1v) is 12.9. The van der Waals surface area contributed by atoms with Crippen molar-refractivity contribution in [2.75, 3.05) is 26.2 Å². The second kappa shape index (κ2) is 8.44. The smallest absolute Gasteiger partial charge is 0.270 e. The summed E-state index contributed by atoms with van der Waals surface area (Å²) in [6.45, 7) is 4.42. The van der Waals surface area contributed by atoms with Gasteiger partial charge < -0.3 is 4.90 Å². The third kappa shape index (κ3) is 4.06. The zero-order valence-corrected chi connectivity index (χ0v) is 19.9. The summed E-state index contributed by atoms with van der Waals surface area (Å²) >= 11 is 0. The van der Waals surface area contributed by atoms with Crippen LogP contribution in [-0.4, -0.2) is 47.9 Å². The van der Waals surface area contributed by atoms with Crippen molar-refractivity contribution >= 4 is 5.91 Å². The summed E-state index contributed by atoms with van der Waals surface area (Å²) in [5.41, 5.74) is 2.47. The van der Waals surface area contributed by atoms with Crippen LogP contribution in [0.1, 0.15) is 61.1 Å². The van der Waals surface area contributed by atoms with Crippen molar-refractivity contribution in [3.8, 4) is 0 Å². The molecule has 0 aromatic heterocycles. The van der Waals surface area contributed by atoms with Crippen LogP contribution < -0.4 is 0 Å². The van der Waals surface area contributed by atoms with Crippen molar-refractivity contribution in [2.24, 2.45) is 17.8 Å². The van der Waals surface area contributed by atoms with Gasteiger partial charge in [0.15, 0.2) is 0 Å². The molecule has 1 unspecified atom stereocenters. The molecule has 34 heavy (non-hydrogen) atoms. The fraction of sp³-hybridized carbons (Fsp3) is 0.552. The molecule has 2 aliphatic carbocycles. The van der Waals surface area contributed by atoms with Crippen LogP contribution in [0.3, 0.4) is 0 Å². The molecule has 2 aliphatic heterocycles. The molecule has 0 bridgehead atoms. The number of benzene rings is 2. The van der Waals surface area contributed by atoms with Crippen LogP contribution in [0, 0.1) is 17.8 Å². The lowest BCUT2D eigenvalue weighted by Gasteiger charge is -2.41. The van der Waals surface area contributed by atoms with E-state index in [9.17, 15) is 13.6 Å². The Kier molecular flexibility index (Phi) is 5.51. The summed E-state index contributed by atoms with van der Waals surface area (Å²) in [5, 5.41) is 0. The average Bonchev–Trinajstić information content (AvgIpc) is 3.31. The lowest BCUT2D eigenvalue weighted by atomic mass is 9.81. The van der Waals surface area contributed by atoms with E-state index < -0.39 is 5.92 Å². The highest BCUT2D eigenvalue weighted by atomic mass is 19.3. The van der Waals surface area contributed by atoms with Crippen molar-refractivity contribution in [1.29, 1.82) is 0 Å². The highest BCUT2D eigenvalue weighted by Crippen LogP contribution is 2.54. The Bertz CT molecular complexity index is 1030. The van der Waals surface area contributed by atoms with Gasteiger partial charge in [-0.15, -0.1) is 0 Å². The third-order valence-electron chi connectivity index (χ3n) is 9.05. The number of amides is 1. The standard InChI is InChI=1S/C29H34F2N2O/c1-29(30,31)23-9-5-8-21(14-23)22-15-33(16-22)28(34)27-25-17-32(18-26(25)27)24-12-10-20(11-13-24)19-6-3-2-4-7-19/h2-9,14,20,22,24-27H,10-13,15-18H2,1H3/t20?,24?,25-,26+,27?. The monoisotopic (exact) mass is 464 g/mol. The molecular formula is C29H34F2N2O. The van der Waals surface area contributed by atoms with Crippen LogP contribution in [0.4, 0.5) is 8.78 Å². The van der Waals surface area contributed by atoms with Crippen LogP contribution in [0.25, 0.3) is 0 Å². The number of likely N-dealkylation sites (tertiary alicyclic amines) is 2. The van der Waals surface area contributed by atoms with Crippen LogP contribution in [0.2, 0.25) is 0 Å². The van der Waals surface area contributed by atoms with Gasteiger partial charge in [-0.3, -0.25) is 9.69 Å². The van der Waals surface area contributed by atoms with Gasteiger partial charge >= 0.3 is 0 Å². The normalized spacial score (nSPS) is 31.7. The van der Waals surface area contributed by atoms with E-state index in [4.69, 9.17) is 0 Å². The van der Waals surface area contributed by atoms with E-state index in [-0.39, 0.29) is 17.4 Å². The molecule has 3 nitrogen and oxygen atoms in total. The molecule has 2 saturated heterocycles. The number of rotatable bonds is 5. The summed E-state index contributed by atoms with van der Waals surface area (Å²) in [5.74, 6) is -0.387. The molecule has 3 atom stereocenters. The number of alkyl halides is 2. The molecule has 2 saturated carbocycles. The molecule has 2 aromatic rings. The molecule has 0 N–H and O–H groups in total. The predicted octanol–water partition coefficient (Wildman–Crippen LogP) is 5.63. The van der Waals surface area contributed by atoms with Crippen LogP contribution in [-0.2, 0) is 10.7 Å². The largest absolute Gasteiger partial charge is 0.341 e. The maximum Gasteiger partial charge on any atom is 0.270 e. The fourth-order valence-electron chi connectivity index (χ4n) is 6.87. The van der Waals surface area contributed by atoms with E-state index >= 15 is 0 Å². The van der Waals surface area contributed by atoms with E-state index in [1.54, 1.807) is 12.1 Å². The average molecular weight is 465 g/mol. The molecule has 4 fully saturated rings. The molecule has 6 rings (SSSR count). The highest BCUT2D eigenvalue weighted by Gasteiger charge is 2.61. The van der Waals surface area contributed by atoms with Gasteiger partial charge in [0.05, 0.1) is 0 Å². The topological polar surface area (TPSA) is 23.6 Å². The van der Waals surface area contributed by atoms with E-state index in [1.807, 2.05) is 11.0 Å². The quantitative estimate of drug-likeness (QED) is 0.573. The Morgan fingerprint density at radius 2 is 1.47 bits per heavy atom. The number of nitrogens with zero attached hydrogens (tertiary/aromatic N) is 2. The molecule has 0 radical (unpaired) electrons. The maximum atomic E-state index is 13.7. The third-order valence-corrected chi connectivity index (χ3v) is 9.05. The minimum Gasteiger partial charge on any atom is -0.341 e. The summed E-state index contributed by atoms with van der Waals surface area (Å²) in [6.07, 6.45) is 5.06. The lowest BCUT2D eigenvalue weighted by Crippen LogP contribution is -2.50. The first-order chi connectivity index (χ1) is 16.4. The molecule has 0 spiro atoms. The number of carbonyl (C=O) groups excluding carboxylic acids is 1. The predicted molar refractivity (Wildman–Crippen MR) is 129 cm³/mol. The van der Waals surface area contributed by atoms with Crippen molar-refractivity contribution in [3.63, 3.8) is 0 Å². The lowest BCUT2D eigenvalue weighted by molar-refractivity contribution is -0.138. The maximum absolute atomic E-state index is 13.7. The Morgan fingerprint density at radius 3 is 2.12 bits per heavy atom. The van der Waals surface area contributed by atoms with E-state index in [1.165, 1.54) is 37.3 Å². The molecule has 180 valence electrons. The Hall–Kier alpha value is -2.27. The van der Waals surface area contributed by atoms with Gasteiger partial charge in [0.25, 0.3) is 5.92 Å². The van der Waals surface area contributed by atoms with E-state index in [0.717, 1.165) is 25.6 Å². The second-order valence-corrected chi connectivity index (χ2v) is 11.2. The van der Waals surface area contributed by atoms with E-state index in [0.29, 0.717) is 42.8 Å². The van der Waals surface area contributed by atoms with Crippen molar-refractivity contribution in [3.05, 3.63) is 71.3 Å². The van der Waals surface area contributed by atoms with Crippen LogP contribution in [0.15, 0.2) is 54.6 Å². The van der Waals surface area contributed by atoms with Crippen molar-refractivity contribution in [2.45, 2.75) is 56.4 Å². The summed E-state index contributed by atoms with van der Waals surface area (Å²) in [6, 6.07) is 18.3. The fourth-order valence-corrected chi connectivity index (χ4v) is 6.87. The Balaban J connectivity index is 0.971. The van der Waals surface area contributed by atoms with Gasteiger partial charge in [-0.1, -0.05) is 48.5 Å². The number of fused-ring (bicyclic) bond motifs is 1. The van der Waals surface area contributed by atoms with Gasteiger partial charge in [-0.2, -0.15) is 0 Å². The SMILES string of the molecule is CC(F)(F)c1cccc(C2CN(C(=O)C3[C@H]4CN(C5CCC(c6ccccc6)CC5)C[C@@H]34)C2)c1. The molecule has 5 heteroatoms. The van der Waals surface area contributed by atoms with Crippen LogP contribution in [0.5, 0.6) is 0 Å². The van der Waals surface area contributed by atoms with Crippen molar-refractivity contribution < 1.29 is 13.6 Å². The minimum atomic E-state index is -2.83. The molecular weight excluding hydrogens is 430 g/mol. The molecule has 2 heterocycles. The Labute approximate surface area is 201 Å². The zero-order valence-electron chi connectivity index (χ0n) is 19.9. The molecule has 2 aromatic carbocycles. The number of hydrogen-bond acceptors (Lipinski definition) is 2. The summed E-state index contributed by atoms with van der Waals surface area (Å²) in [7, 11) is 0. The summed E-state index contributed by atoms with van der Waals surface area (Å²) < 4.78 is 27.3. The molecule has 1 amide bonds. The number of piperidine rings is 1. The summed E-state index contributed by atoms with van der Waals surface area (Å²) in [4.78, 5) is 17.7. The second-order valence-electron chi connectivity index (χ2n) is 11.2.